The first-order valence-electron chi connectivity index (χ1n) is 19.7. The molecule has 9 aromatic rings. The highest BCUT2D eigenvalue weighted by Crippen LogP contribution is 2.57. The van der Waals surface area contributed by atoms with E-state index in [9.17, 15) is 0 Å². The van der Waals surface area contributed by atoms with Crippen LogP contribution in [0.25, 0.3) is 94.3 Å². The molecule has 1 spiro atoms. The third-order valence-corrected chi connectivity index (χ3v) is 12.2. The summed E-state index contributed by atoms with van der Waals surface area (Å²) < 4.78 is 6.16. The molecule has 0 N–H and O–H groups in total. The van der Waals surface area contributed by atoms with Gasteiger partial charge in [0.2, 0.25) is 0 Å². The van der Waals surface area contributed by atoms with Crippen molar-refractivity contribution in [2.45, 2.75) is 37.5 Å². The molecule has 11 rings (SSSR count). The first-order valence-corrected chi connectivity index (χ1v) is 19.7. The lowest BCUT2D eigenvalue weighted by Gasteiger charge is -2.36. The summed E-state index contributed by atoms with van der Waals surface area (Å²) in [5.74, 6) is 1.84. The fraction of sp³-hybridized carbons (Fsp3) is 0.115. The molecule has 7 aromatic carbocycles. The molecule has 0 unspecified atom stereocenters. The van der Waals surface area contributed by atoms with Gasteiger partial charge < -0.3 is 4.42 Å². The number of hydrogen-bond donors (Lipinski definition) is 0. The largest absolute Gasteiger partial charge is 0.456 e. The normalized spacial score (nSPS) is 14.1. The first-order chi connectivity index (χ1) is 28.1. The van der Waals surface area contributed by atoms with Crippen molar-refractivity contribution in [2.24, 2.45) is 0 Å². The van der Waals surface area contributed by atoms with Crippen LogP contribution in [0.5, 0.6) is 0 Å². The predicted molar refractivity (Wildman–Crippen MR) is 230 cm³/mol. The maximum absolute atomic E-state index is 7.73. The van der Waals surface area contributed by atoms with Crippen molar-refractivity contribution >= 4 is 27.6 Å². The highest BCUT2D eigenvalue weighted by molar-refractivity contribution is 6.06. The van der Waals surface area contributed by atoms with Crippen LogP contribution in [-0.2, 0) is 5.41 Å². The maximum Gasteiger partial charge on any atom is 0.187 e. The minimum absolute atomic E-state index is 0.0489. The van der Waals surface area contributed by atoms with Crippen LogP contribution in [0.1, 0.15) is 43.2 Å². The molecule has 0 saturated heterocycles. The minimum atomic E-state index is -0.0489. The summed E-state index contributed by atoms with van der Waals surface area (Å²) in [6.45, 7) is 7.73. The van der Waals surface area contributed by atoms with Gasteiger partial charge in [-0.05, 0) is 93.7 Å². The molecule has 2 aliphatic carbocycles. The van der Waals surface area contributed by atoms with E-state index in [4.69, 9.17) is 25.9 Å². The van der Waals surface area contributed by atoms with Crippen molar-refractivity contribution in [1.82, 2.24) is 15.0 Å². The Labute approximate surface area is 331 Å². The monoisotopic (exact) mass is 732 g/mol. The Morgan fingerprint density at radius 3 is 1.79 bits per heavy atom. The lowest BCUT2D eigenvalue weighted by molar-refractivity contribution is 0.353. The molecule has 2 aliphatic rings. The zero-order chi connectivity index (χ0) is 37.9. The number of para-hydroxylation sites is 1. The fourth-order valence-corrected chi connectivity index (χ4v) is 9.33. The van der Waals surface area contributed by atoms with Gasteiger partial charge in [-0.2, -0.15) is 0 Å². The third kappa shape index (κ3) is 5.56. The van der Waals surface area contributed by atoms with Crippen molar-refractivity contribution < 1.29 is 4.42 Å². The van der Waals surface area contributed by atoms with Crippen LogP contribution >= 0.6 is 0 Å². The van der Waals surface area contributed by atoms with Gasteiger partial charge in [0.25, 0.3) is 0 Å². The Balaban J connectivity index is 1.03. The van der Waals surface area contributed by atoms with E-state index in [1.165, 1.54) is 47.1 Å². The zero-order valence-corrected chi connectivity index (χ0v) is 31.2. The summed E-state index contributed by atoms with van der Waals surface area (Å²) in [7, 11) is 0. The van der Waals surface area contributed by atoms with Gasteiger partial charge in [0.05, 0.1) is 6.57 Å². The van der Waals surface area contributed by atoms with Gasteiger partial charge in [-0.15, -0.1) is 0 Å². The lowest BCUT2D eigenvalue weighted by Crippen LogP contribution is -2.28. The van der Waals surface area contributed by atoms with E-state index in [0.29, 0.717) is 17.5 Å². The molecule has 0 atom stereocenters. The SMILES string of the molecule is [C-]#[N+]c1ccc2c(c1)C1(CCCCC1)c1cc(-c3cccc(-c4nc(-c5ccc(-c6ccccc6)cc5)nc(-c5ccc6oc7ccccc7c6c5)n4)c3)ccc1-2. The van der Waals surface area contributed by atoms with Crippen molar-refractivity contribution in [3.8, 4) is 67.5 Å². The second-order valence-electron chi connectivity index (χ2n) is 15.4. The van der Waals surface area contributed by atoms with Crippen molar-refractivity contribution in [2.75, 3.05) is 0 Å². The van der Waals surface area contributed by atoms with Crippen LogP contribution in [0, 0.1) is 6.57 Å². The lowest BCUT2D eigenvalue weighted by atomic mass is 9.67. The summed E-state index contributed by atoms with van der Waals surface area (Å²) in [4.78, 5) is 19.2. The maximum atomic E-state index is 7.73. The van der Waals surface area contributed by atoms with Crippen LogP contribution in [0.3, 0.4) is 0 Å². The quantitative estimate of drug-likeness (QED) is 0.165. The second kappa shape index (κ2) is 13.3. The molecular formula is C52H36N4O. The predicted octanol–water partition coefficient (Wildman–Crippen LogP) is 13.9. The Bertz CT molecular complexity index is 3060. The summed E-state index contributed by atoms with van der Waals surface area (Å²) in [5.41, 5.74) is 15.0. The molecule has 5 nitrogen and oxygen atoms in total. The van der Waals surface area contributed by atoms with Crippen molar-refractivity contribution in [3.63, 3.8) is 0 Å². The summed E-state index contributed by atoms with van der Waals surface area (Å²) in [6.07, 6.45) is 5.88. The van der Waals surface area contributed by atoms with Gasteiger partial charge in [0, 0.05) is 32.9 Å². The minimum Gasteiger partial charge on any atom is -0.456 e. The van der Waals surface area contributed by atoms with E-state index in [1.807, 2.05) is 42.5 Å². The Morgan fingerprint density at radius 1 is 0.439 bits per heavy atom. The van der Waals surface area contributed by atoms with Gasteiger partial charge in [0.15, 0.2) is 23.2 Å². The Kier molecular flexibility index (Phi) is 7.72. The zero-order valence-electron chi connectivity index (χ0n) is 31.2. The van der Waals surface area contributed by atoms with Gasteiger partial charge in [-0.25, -0.2) is 19.8 Å². The van der Waals surface area contributed by atoms with Crippen LogP contribution in [0.15, 0.2) is 162 Å². The third-order valence-electron chi connectivity index (χ3n) is 12.2. The number of nitrogens with zero attached hydrogens (tertiary/aromatic N) is 4. The number of fused-ring (bicyclic) bond motifs is 8. The topological polar surface area (TPSA) is 56.2 Å². The molecule has 2 heterocycles. The molecule has 0 amide bonds. The van der Waals surface area contributed by atoms with Crippen molar-refractivity contribution in [1.29, 1.82) is 0 Å². The standard InChI is InChI=1S/C52H36N4O/c1-53-40-23-25-42-41-24-21-37(31-45(41)52(46(42)32-40)27-8-3-9-28-52)36-13-10-14-38(29-36)50-54-49(35-19-17-34(18-20-35)33-11-4-2-5-12-33)55-51(56-50)39-22-26-48-44(30-39)43-15-6-7-16-47(43)57-48/h2,4-7,10-26,29-32H,3,8-9,27-28H2. The molecule has 270 valence electrons. The van der Waals surface area contributed by atoms with E-state index in [2.05, 4.69) is 120 Å². The number of hydrogen-bond acceptors (Lipinski definition) is 4. The van der Waals surface area contributed by atoms with Gasteiger partial charge in [0.1, 0.15) is 11.2 Å². The second-order valence-corrected chi connectivity index (χ2v) is 15.4. The highest BCUT2D eigenvalue weighted by Gasteiger charge is 2.43. The summed E-state index contributed by atoms with van der Waals surface area (Å²) in [5, 5.41) is 2.09. The first kappa shape index (κ1) is 33.2. The average molecular weight is 733 g/mol. The molecule has 0 bridgehead atoms. The van der Waals surface area contributed by atoms with E-state index in [1.54, 1.807) is 0 Å². The van der Waals surface area contributed by atoms with E-state index < -0.39 is 0 Å². The fourth-order valence-electron chi connectivity index (χ4n) is 9.33. The molecule has 1 saturated carbocycles. The van der Waals surface area contributed by atoms with Gasteiger partial charge in [-0.3, -0.25) is 0 Å². The van der Waals surface area contributed by atoms with Crippen LogP contribution in [0.4, 0.5) is 5.69 Å². The van der Waals surface area contributed by atoms with Gasteiger partial charge in [-0.1, -0.05) is 141 Å². The van der Waals surface area contributed by atoms with Crippen molar-refractivity contribution in [3.05, 3.63) is 180 Å². The van der Waals surface area contributed by atoms with Gasteiger partial charge >= 0.3 is 0 Å². The number of furan rings is 1. The molecular weight excluding hydrogens is 697 g/mol. The summed E-state index contributed by atoms with van der Waals surface area (Å²) >= 11 is 0. The number of benzene rings is 7. The van der Waals surface area contributed by atoms with E-state index in [0.717, 1.165) is 73.8 Å². The molecule has 0 radical (unpaired) electrons. The van der Waals surface area contributed by atoms with Crippen LogP contribution in [-0.4, -0.2) is 15.0 Å². The number of aromatic nitrogens is 3. The molecule has 2 aromatic heterocycles. The number of rotatable bonds is 5. The Hall–Kier alpha value is -7.16. The average Bonchev–Trinajstić information content (AvgIpc) is 3.78. The van der Waals surface area contributed by atoms with E-state index >= 15 is 0 Å². The van der Waals surface area contributed by atoms with Crippen LogP contribution in [0.2, 0.25) is 0 Å². The molecule has 57 heavy (non-hydrogen) atoms. The summed E-state index contributed by atoms with van der Waals surface area (Å²) in [6, 6.07) is 55.0. The van der Waals surface area contributed by atoms with Crippen LogP contribution < -0.4 is 0 Å². The highest BCUT2D eigenvalue weighted by atomic mass is 16.3. The molecule has 0 aliphatic heterocycles. The Morgan fingerprint density at radius 2 is 1.00 bits per heavy atom. The smallest absolute Gasteiger partial charge is 0.187 e. The van der Waals surface area contributed by atoms with E-state index in [-0.39, 0.29) is 5.41 Å². The molecule has 1 fully saturated rings. The molecule has 5 heteroatoms.